The molecular weight excluding hydrogens is 186 g/mol. The molecule has 2 aliphatic rings. The van der Waals surface area contributed by atoms with Crippen LogP contribution in [0.5, 0.6) is 0 Å². The minimum atomic E-state index is 0.758. The fourth-order valence-corrected chi connectivity index (χ4v) is 3.16. The second-order valence-corrected chi connectivity index (χ2v) is 4.87. The lowest BCUT2D eigenvalue weighted by Gasteiger charge is -2.34. The van der Waals surface area contributed by atoms with Crippen molar-refractivity contribution < 1.29 is 0 Å². The van der Waals surface area contributed by atoms with E-state index in [1.807, 2.05) is 6.33 Å². The standard InChI is InChI=1S/C12H19N3/c1-3-10(7-13-5-1)11-4-2-6-15-9-14-8-12(11)15/h8-11,13H,1-7H2. The van der Waals surface area contributed by atoms with Gasteiger partial charge in [0.1, 0.15) is 0 Å². The molecule has 0 amide bonds. The van der Waals surface area contributed by atoms with E-state index in [9.17, 15) is 0 Å². The number of fused-ring (bicyclic) bond motifs is 1. The summed E-state index contributed by atoms with van der Waals surface area (Å²) in [6.45, 7) is 3.59. The van der Waals surface area contributed by atoms with Gasteiger partial charge in [-0.15, -0.1) is 0 Å². The van der Waals surface area contributed by atoms with Crippen LogP contribution in [0.3, 0.4) is 0 Å². The molecule has 3 rings (SSSR count). The number of imidazole rings is 1. The molecule has 3 heterocycles. The fraction of sp³-hybridized carbons (Fsp3) is 0.750. The summed E-state index contributed by atoms with van der Waals surface area (Å²) >= 11 is 0. The van der Waals surface area contributed by atoms with E-state index in [0.29, 0.717) is 0 Å². The third-order valence-electron chi connectivity index (χ3n) is 3.94. The number of rotatable bonds is 1. The number of piperidine rings is 1. The van der Waals surface area contributed by atoms with Crippen LogP contribution in [0.1, 0.15) is 37.3 Å². The third kappa shape index (κ3) is 1.69. The number of nitrogens with zero attached hydrogens (tertiary/aromatic N) is 2. The van der Waals surface area contributed by atoms with Gasteiger partial charge in [0.05, 0.1) is 6.33 Å². The van der Waals surface area contributed by atoms with E-state index in [2.05, 4.69) is 21.1 Å². The summed E-state index contributed by atoms with van der Waals surface area (Å²) in [6, 6.07) is 0. The van der Waals surface area contributed by atoms with E-state index >= 15 is 0 Å². The predicted molar refractivity (Wildman–Crippen MR) is 59.8 cm³/mol. The average molecular weight is 205 g/mol. The summed E-state index contributed by atoms with van der Waals surface area (Å²) in [5.74, 6) is 1.60. The van der Waals surface area contributed by atoms with Crippen molar-refractivity contribution in [3.8, 4) is 0 Å². The first-order valence-corrected chi connectivity index (χ1v) is 6.16. The van der Waals surface area contributed by atoms with Crippen molar-refractivity contribution >= 4 is 0 Å². The number of aryl methyl sites for hydroxylation is 1. The lowest BCUT2D eigenvalue weighted by molar-refractivity contribution is 0.279. The summed E-state index contributed by atoms with van der Waals surface area (Å²) in [5.41, 5.74) is 1.48. The van der Waals surface area contributed by atoms with E-state index in [-0.39, 0.29) is 0 Å². The van der Waals surface area contributed by atoms with Crippen molar-refractivity contribution in [3.05, 3.63) is 18.2 Å². The minimum absolute atomic E-state index is 0.758. The molecule has 3 nitrogen and oxygen atoms in total. The van der Waals surface area contributed by atoms with Crippen molar-refractivity contribution in [2.45, 2.75) is 38.1 Å². The zero-order chi connectivity index (χ0) is 10.1. The van der Waals surface area contributed by atoms with Crippen LogP contribution in [-0.2, 0) is 6.54 Å². The van der Waals surface area contributed by atoms with Crippen molar-refractivity contribution in [2.24, 2.45) is 5.92 Å². The Morgan fingerprint density at radius 3 is 3.20 bits per heavy atom. The third-order valence-corrected chi connectivity index (χ3v) is 3.94. The maximum absolute atomic E-state index is 4.29. The second kappa shape index (κ2) is 3.97. The highest BCUT2D eigenvalue weighted by Gasteiger charge is 2.29. The molecule has 1 aromatic rings. The lowest BCUT2D eigenvalue weighted by atomic mass is 9.80. The highest BCUT2D eigenvalue weighted by atomic mass is 15.1. The van der Waals surface area contributed by atoms with Crippen LogP contribution in [0.25, 0.3) is 0 Å². The largest absolute Gasteiger partial charge is 0.334 e. The number of hydrogen-bond donors (Lipinski definition) is 1. The molecule has 1 saturated heterocycles. The van der Waals surface area contributed by atoms with Crippen molar-refractivity contribution in [2.75, 3.05) is 13.1 Å². The maximum Gasteiger partial charge on any atom is 0.0948 e. The van der Waals surface area contributed by atoms with Gasteiger partial charge in [0.25, 0.3) is 0 Å². The van der Waals surface area contributed by atoms with Gasteiger partial charge in [-0.2, -0.15) is 0 Å². The zero-order valence-electron chi connectivity index (χ0n) is 9.15. The van der Waals surface area contributed by atoms with E-state index in [4.69, 9.17) is 0 Å². The van der Waals surface area contributed by atoms with Crippen molar-refractivity contribution in [3.63, 3.8) is 0 Å². The highest BCUT2D eigenvalue weighted by molar-refractivity contribution is 5.11. The first-order chi connectivity index (χ1) is 7.45. The molecule has 82 valence electrons. The van der Waals surface area contributed by atoms with Gasteiger partial charge in [0, 0.05) is 24.4 Å². The van der Waals surface area contributed by atoms with Gasteiger partial charge in [0.15, 0.2) is 0 Å². The Kier molecular flexibility index (Phi) is 2.49. The molecule has 1 fully saturated rings. The quantitative estimate of drug-likeness (QED) is 0.757. The molecule has 3 heteroatoms. The SMILES string of the molecule is c1ncn2c1C(C1CCCNC1)CCC2. The molecule has 0 spiro atoms. The van der Waals surface area contributed by atoms with Gasteiger partial charge in [-0.3, -0.25) is 0 Å². The summed E-state index contributed by atoms with van der Waals surface area (Å²) in [6.07, 6.45) is 9.50. The molecule has 0 aromatic carbocycles. The molecule has 0 radical (unpaired) electrons. The van der Waals surface area contributed by atoms with Crippen LogP contribution in [0.15, 0.2) is 12.5 Å². The van der Waals surface area contributed by atoms with Gasteiger partial charge in [-0.05, 0) is 44.7 Å². The van der Waals surface area contributed by atoms with E-state index in [1.54, 1.807) is 0 Å². The molecule has 2 atom stereocenters. The van der Waals surface area contributed by atoms with Gasteiger partial charge in [-0.1, -0.05) is 0 Å². The summed E-state index contributed by atoms with van der Waals surface area (Å²) in [4.78, 5) is 4.29. The van der Waals surface area contributed by atoms with E-state index < -0.39 is 0 Å². The van der Waals surface area contributed by atoms with Crippen LogP contribution in [0.2, 0.25) is 0 Å². The van der Waals surface area contributed by atoms with Crippen LogP contribution >= 0.6 is 0 Å². The topological polar surface area (TPSA) is 29.9 Å². The maximum atomic E-state index is 4.29. The molecule has 2 unspecified atom stereocenters. The molecule has 2 aliphatic heterocycles. The Labute approximate surface area is 90.9 Å². The number of aromatic nitrogens is 2. The zero-order valence-corrected chi connectivity index (χ0v) is 9.15. The Hall–Kier alpha value is -0.830. The van der Waals surface area contributed by atoms with Crippen LogP contribution < -0.4 is 5.32 Å². The van der Waals surface area contributed by atoms with Crippen LogP contribution in [-0.4, -0.2) is 22.6 Å². The predicted octanol–water partition coefficient (Wildman–Crippen LogP) is 1.76. The van der Waals surface area contributed by atoms with Crippen molar-refractivity contribution in [1.29, 1.82) is 0 Å². The molecule has 15 heavy (non-hydrogen) atoms. The molecule has 1 aromatic heterocycles. The monoisotopic (exact) mass is 205 g/mol. The second-order valence-electron chi connectivity index (χ2n) is 4.87. The van der Waals surface area contributed by atoms with Gasteiger partial charge in [-0.25, -0.2) is 4.98 Å². The summed E-state index contributed by atoms with van der Waals surface area (Å²) in [5, 5.41) is 3.53. The van der Waals surface area contributed by atoms with E-state index in [0.717, 1.165) is 11.8 Å². The minimum Gasteiger partial charge on any atom is -0.334 e. The Morgan fingerprint density at radius 1 is 1.33 bits per heavy atom. The van der Waals surface area contributed by atoms with Gasteiger partial charge < -0.3 is 9.88 Å². The first-order valence-electron chi connectivity index (χ1n) is 6.16. The lowest BCUT2D eigenvalue weighted by Crippen LogP contribution is -2.35. The average Bonchev–Trinajstić information content (AvgIpc) is 2.78. The van der Waals surface area contributed by atoms with Crippen molar-refractivity contribution in [1.82, 2.24) is 14.9 Å². The van der Waals surface area contributed by atoms with E-state index in [1.165, 1.54) is 51.0 Å². The number of hydrogen-bond acceptors (Lipinski definition) is 2. The number of nitrogens with one attached hydrogen (secondary N) is 1. The molecule has 0 bridgehead atoms. The molecule has 0 saturated carbocycles. The first kappa shape index (κ1) is 9.40. The molecular formula is C12H19N3. The molecule has 1 N–H and O–H groups in total. The van der Waals surface area contributed by atoms with Crippen LogP contribution in [0, 0.1) is 5.92 Å². The normalized spacial score (nSPS) is 31.2. The smallest absolute Gasteiger partial charge is 0.0948 e. The Bertz CT molecular complexity index is 325. The summed E-state index contributed by atoms with van der Waals surface area (Å²) in [7, 11) is 0. The molecule has 0 aliphatic carbocycles. The Balaban J connectivity index is 1.82. The Morgan fingerprint density at radius 2 is 2.33 bits per heavy atom. The van der Waals surface area contributed by atoms with Gasteiger partial charge in [0.2, 0.25) is 0 Å². The summed E-state index contributed by atoms with van der Waals surface area (Å²) < 4.78 is 2.35. The van der Waals surface area contributed by atoms with Crippen LogP contribution in [0.4, 0.5) is 0 Å². The van der Waals surface area contributed by atoms with Gasteiger partial charge >= 0.3 is 0 Å². The highest BCUT2D eigenvalue weighted by Crippen LogP contribution is 2.36. The fourth-order valence-electron chi connectivity index (χ4n) is 3.16.